The first-order chi connectivity index (χ1) is 12.4. The molecule has 0 radical (unpaired) electrons. The second-order valence-electron chi connectivity index (χ2n) is 7.11. The molecule has 136 valence electrons. The van der Waals surface area contributed by atoms with Gasteiger partial charge in [-0.05, 0) is 38.0 Å². The van der Waals surface area contributed by atoms with Gasteiger partial charge in [0.25, 0.3) is 5.91 Å². The van der Waals surface area contributed by atoms with E-state index in [1.807, 2.05) is 44.2 Å². The number of hydrogen-bond acceptors (Lipinski definition) is 3. The number of fused-ring (bicyclic) bond motifs is 1. The highest BCUT2D eigenvalue weighted by Gasteiger charge is 2.50. The predicted octanol–water partition coefficient (Wildman–Crippen LogP) is 3.91. The van der Waals surface area contributed by atoms with Crippen molar-refractivity contribution in [2.24, 2.45) is 0 Å². The topological polar surface area (TPSA) is 57.6 Å². The molecule has 1 amide bonds. The number of ketones is 1. The number of nitrogens with zero attached hydrogens (tertiary/aromatic N) is 1. The maximum atomic E-state index is 13.0. The quantitative estimate of drug-likeness (QED) is 0.803. The summed E-state index contributed by atoms with van der Waals surface area (Å²) in [6.45, 7) is 6.40. The molecule has 4 nitrogen and oxygen atoms in total. The molecular formula is C22H25NO3. The summed E-state index contributed by atoms with van der Waals surface area (Å²) in [5.74, 6) is -0.611. The Hall–Kier alpha value is -2.46. The third kappa shape index (κ3) is 3.06. The molecule has 4 heteroatoms. The molecule has 1 aliphatic rings. The minimum absolute atomic E-state index is 0.214. The maximum Gasteiger partial charge on any atom is 0.264 e. The number of benzene rings is 2. The molecule has 26 heavy (non-hydrogen) atoms. The summed E-state index contributed by atoms with van der Waals surface area (Å²) >= 11 is 0. The van der Waals surface area contributed by atoms with Gasteiger partial charge < -0.3 is 10.0 Å². The lowest BCUT2D eigenvalue weighted by Crippen LogP contribution is -2.42. The summed E-state index contributed by atoms with van der Waals surface area (Å²) in [6, 6.07) is 12.9. The van der Waals surface area contributed by atoms with Crippen LogP contribution < -0.4 is 4.90 Å². The Morgan fingerprint density at radius 1 is 1.15 bits per heavy atom. The van der Waals surface area contributed by atoms with Gasteiger partial charge in [-0.15, -0.1) is 0 Å². The highest BCUT2D eigenvalue weighted by atomic mass is 16.3. The van der Waals surface area contributed by atoms with Crippen LogP contribution in [0, 0.1) is 13.8 Å². The van der Waals surface area contributed by atoms with E-state index in [4.69, 9.17) is 0 Å². The van der Waals surface area contributed by atoms with Crippen molar-refractivity contribution < 1.29 is 14.7 Å². The summed E-state index contributed by atoms with van der Waals surface area (Å²) in [5, 5.41) is 11.3. The van der Waals surface area contributed by atoms with Gasteiger partial charge >= 0.3 is 0 Å². The molecule has 0 bridgehead atoms. The molecule has 0 aliphatic carbocycles. The van der Waals surface area contributed by atoms with Crippen LogP contribution in [0.15, 0.2) is 42.5 Å². The summed E-state index contributed by atoms with van der Waals surface area (Å²) in [7, 11) is 0. The average Bonchev–Trinajstić information content (AvgIpc) is 2.83. The van der Waals surface area contributed by atoms with E-state index in [1.54, 1.807) is 17.0 Å². The molecule has 1 heterocycles. The van der Waals surface area contributed by atoms with Gasteiger partial charge in [0.15, 0.2) is 11.4 Å². The fraction of sp³-hybridized carbons (Fsp3) is 0.364. The van der Waals surface area contributed by atoms with Crippen LogP contribution in [0.2, 0.25) is 0 Å². The van der Waals surface area contributed by atoms with Crippen molar-refractivity contribution in [2.75, 3.05) is 11.4 Å². The zero-order valence-electron chi connectivity index (χ0n) is 15.6. The lowest BCUT2D eigenvalue weighted by Gasteiger charge is -2.23. The van der Waals surface area contributed by atoms with Crippen molar-refractivity contribution in [3.05, 3.63) is 64.7 Å². The average molecular weight is 351 g/mol. The number of aliphatic hydroxyl groups is 1. The Bertz CT molecular complexity index is 858. The molecule has 2 aromatic rings. The number of amides is 1. The van der Waals surface area contributed by atoms with E-state index >= 15 is 0 Å². The van der Waals surface area contributed by atoms with Crippen LogP contribution in [0.3, 0.4) is 0 Å². The van der Waals surface area contributed by atoms with Gasteiger partial charge in [0.05, 0.1) is 12.1 Å². The number of Topliss-reactive ketones (excluding diaryl/α,β-unsaturated/α-hetero) is 1. The Morgan fingerprint density at radius 2 is 1.88 bits per heavy atom. The van der Waals surface area contributed by atoms with E-state index in [-0.39, 0.29) is 12.2 Å². The number of carbonyl (C=O) groups excluding carboxylic acids is 2. The smallest absolute Gasteiger partial charge is 0.264 e. The molecule has 2 aromatic carbocycles. The molecule has 1 aliphatic heterocycles. The second kappa shape index (κ2) is 7.04. The van der Waals surface area contributed by atoms with E-state index in [2.05, 4.69) is 6.92 Å². The normalized spacial score (nSPS) is 18.9. The minimum atomic E-state index is -1.79. The van der Waals surface area contributed by atoms with E-state index in [1.165, 1.54) is 0 Å². The first-order valence-electron chi connectivity index (χ1n) is 9.12. The highest BCUT2D eigenvalue weighted by molar-refractivity contribution is 6.11. The fourth-order valence-electron chi connectivity index (χ4n) is 3.58. The SMILES string of the molecule is CCCCN1C(=O)[C@@](O)(CC(=O)c2cc(C)ccc2C)c2ccccc21. The molecule has 1 N–H and O–H groups in total. The molecular weight excluding hydrogens is 326 g/mol. The first kappa shape index (κ1) is 18.3. The number of carbonyl (C=O) groups is 2. The number of hydrogen-bond donors (Lipinski definition) is 1. The second-order valence-corrected chi connectivity index (χ2v) is 7.11. The third-order valence-electron chi connectivity index (χ3n) is 5.08. The Morgan fingerprint density at radius 3 is 2.62 bits per heavy atom. The third-order valence-corrected chi connectivity index (χ3v) is 5.08. The standard InChI is InChI=1S/C22H25NO3/c1-4-5-12-23-19-9-7-6-8-18(19)22(26,21(23)25)14-20(24)17-13-15(2)10-11-16(17)3/h6-11,13,26H,4-5,12,14H2,1-3H3/t22-/m1/s1. The zero-order valence-corrected chi connectivity index (χ0v) is 15.6. The van der Waals surface area contributed by atoms with Gasteiger partial charge in [0.2, 0.25) is 0 Å². The summed E-state index contributed by atoms with van der Waals surface area (Å²) in [6.07, 6.45) is 1.56. The maximum absolute atomic E-state index is 13.0. The van der Waals surface area contributed by atoms with E-state index in [0.29, 0.717) is 23.4 Å². The van der Waals surface area contributed by atoms with Crippen LogP contribution in [0.1, 0.15) is 53.2 Å². The van der Waals surface area contributed by atoms with E-state index < -0.39 is 11.5 Å². The van der Waals surface area contributed by atoms with Crippen LogP contribution in [0.5, 0.6) is 0 Å². The predicted molar refractivity (Wildman–Crippen MR) is 102 cm³/mol. The van der Waals surface area contributed by atoms with Gasteiger partial charge in [-0.1, -0.05) is 49.2 Å². The Labute approximate surface area is 154 Å². The summed E-state index contributed by atoms with van der Waals surface area (Å²) < 4.78 is 0. The van der Waals surface area contributed by atoms with Crippen molar-refractivity contribution in [3.63, 3.8) is 0 Å². The zero-order chi connectivity index (χ0) is 18.9. The molecule has 0 aromatic heterocycles. The monoisotopic (exact) mass is 351 g/mol. The molecule has 0 saturated carbocycles. The Balaban J connectivity index is 1.97. The van der Waals surface area contributed by atoms with E-state index in [0.717, 1.165) is 24.0 Å². The van der Waals surface area contributed by atoms with Gasteiger partial charge in [-0.3, -0.25) is 9.59 Å². The van der Waals surface area contributed by atoms with Crippen molar-refractivity contribution in [1.29, 1.82) is 0 Å². The number of aryl methyl sites for hydroxylation is 2. The molecule has 0 unspecified atom stereocenters. The summed E-state index contributed by atoms with van der Waals surface area (Å²) in [5.41, 5.74) is 1.84. The molecule has 1 atom stereocenters. The number of anilines is 1. The highest BCUT2D eigenvalue weighted by Crippen LogP contribution is 2.43. The Kier molecular flexibility index (Phi) is 4.97. The molecule has 0 saturated heterocycles. The number of unbranched alkanes of at least 4 members (excludes halogenated alkanes) is 1. The fourth-order valence-corrected chi connectivity index (χ4v) is 3.58. The van der Waals surface area contributed by atoms with Crippen LogP contribution in [0.25, 0.3) is 0 Å². The number of para-hydroxylation sites is 1. The van der Waals surface area contributed by atoms with Gasteiger partial charge in [-0.2, -0.15) is 0 Å². The number of rotatable bonds is 6. The first-order valence-corrected chi connectivity index (χ1v) is 9.12. The molecule has 0 fully saturated rings. The lowest BCUT2D eigenvalue weighted by atomic mass is 9.87. The lowest BCUT2D eigenvalue weighted by molar-refractivity contribution is -0.135. The van der Waals surface area contributed by atoms with Crippen molar-refractivity contribution in [1.82, 2.24) is 0 Å². The van der Waals surface area contributed by atoms with Gasteiger partial charge in [-0.25, -0.2) is 0 Å². The molecule has 3 rings (SSSR count). The largest absolute Gasteiger partial charge is 0.375 e. The van der Waals surface area contributed by atoms with Crippen LogP contribution in [-0.2, 0) is 10.4 Å². The molecule has 0 spiro atoms. The van der Waals surface area contributed by atoms with Gasteiger partial charge in [0.1, 0.15) is 0 Å². The van der Waals surface area contributed by atoms with Crippen molar-refractivity contribution in [2.45, 2.75) is 45.6 Å². The van der Waals surface area contributed by atoms with Crippen molar-refractivity contribution in [3.8, 4) is 0 Å². The van der Waals surface area contributed by atoms with Crippen LogP contribution in [-0.4, -0.2) is 23.3 Å². The van der Waals surface area contributed by atoms with Crippen molar-refractivity contribution >= 4 is 17.4 Å². The minimum Gasteiger partial charge on any atom is -0.375 e. The van der Waals surface area contributed by atoms with Crippen LogP contribution >= 0.6 is 0 Å². The van der Waals surface area contributed by atoms with E-state index in [9.17, 15) is 14.7 Å². The summed E-state index contributed by atoms with van der Waals surface area (Å²) in [4.78, 5) is 27.6. The van der Waals surface area contributed by atoms with Crippen LogP contribution in [0.4, 0.5) is 5.69 Å². The van der Waals surface area contributed by atoms with Gasteiger partial charge in [0, 0.05) is 17.7 Å².